The van der Waals surface area contributed by atoms with Gasteiger partial charge in [-0.1, -0.05) is 42.0 Å². The molecule has 0 bridgehead atoms. The Bertz CT molecular complexity index is 1430. The highest BCUT2D eigenvalue weighted by molar-refractivity contribution is 7.93. The zero-order valence-corrected chi connectivity index (χ0v) is 22.1. The second-order valence-corrected chi connectivity index (χ2v) is 12.6. The van der Waals surface area contributed by atoms with Crippen LogP contribution in [0.2, 0.25) is 0 Å². The Morgan fingerprint density at radius 2 is 1.37 bits per heavy atom. The lowest BCUT2D eigenvalue weighted by molar-refractivity contribution is -0.120. The van der Waals surface area contributed by atoms with Crippen LogP contribution in [0.4, 0.5) is 5.69 Å². The van der Waals surface area contributed by atoms with Crippen molar-refractivity contribution in [3.8, 4) is 0 Å². The summed E-state index contributed by atoms with van der Waals surface area (Å²) in [5, 5.41) is 2.83. The number of benzene rings is 3. The van der Waals surface area contributed by atoms with Gasteiger partial charge in [-0.05, 0) is 74.7 Å². The summed E-state index contributed by atoms with van der Waals surface area (Å²) < 4.78 is 51.8. The van der Waals surface area contributed by atoms with Gasteiger partial charge in [0.2, 0.25) is 5.91 Å². The number of carbonyl (C=O) groups excluding carboxylic acids is 1. The van der Waals surface area contributed by atoms with Crippen LogP contribution in [0.1, 0.15) is 35.2 Å². The van der Waals surface area contributed by atoms with Crippen LogP contribution in [0.25, 0.3) is 0 Å². The lowest BCUT2D eigenvalue weighted by atomic mass is 10.1. The molecule has 0 aliphatic carbocycles. The van der Waals surface area contributed by atoms with E-state index in [9.17, 15) is 21.6 Å². The summed E-state index contributed by atoms with van der Waals surface area (Å²) in [4.78, 5) is 13.3. The van der Waals surface area contributed by atoms with Crippen molar-refractivity contribution in [2.45, 2.75) is 43.5 Å². The highest BCUT2D eigenvalue weighted by Gasteiger charge is 2.29. The first kappa shape index (κ1) is 26.4. The van der Waals surface area contributed by atoms with E-state index in [1.54, 1.807) is 44.2 Å². The van der Waals surface area contributed by atoms with Crippen molar-refractivity contribution in [2.75, 3.05) is 17.1 Å². The van der Waals surface area contributed by atoms with E-state index in [0.29, 0.717) is 11.3 Å². The molecule has 0 saturated carbocycles. The smallest absolute Gasteiger partial charge is 0.264 e. The zero-order chi connectivity index (χ0) is 26.0. The van der Waals surface area contributed by atoms with E-state index < -0.39 is 38.4 Å². The summed E-state index contributed by atoms with van der Waals surface area (Å²) in [6.45, 7) is 6.88. The number of nitrogens with zero attached hydrogens (tertiary/aromatic N) is 1. The fourth-order valence-electron chi connectivity index (χ4n) is 3.63. The van der Waals surface area contributed by atoms with Gasteiger partial charge >= 0.3 is 0 Å². The Hall–Kier alpha value is -3.17. The Labute approximate surface area is 207 Å². The molecule has 7 nitrogen and oxygen atoms in total. The third kappa shape index (κ3) is 6.29. The molecule has 0 radical (unpaired) electrons. The number of aryl methyl sites for hydroxylation is 3. The van der Waals surface area contributed by atoms with Gasteiger partial charge in [0.05, 0.1) is 21.5 Å². The third-order valence-electron chi connectivity index (χ3n) is 5.72. The second-order valence-electron chi connectivity index (χ2n) is 8.75. The lowest BCUT2D eigenvalue weighted by Gasteiger charge is -2.27. The lowest BCUT2D eigenvalue weighted by Crippen LogP contribution is -2.42. The molecular formula is C26H30N2O5S2. The number of nitrogens with one attached hydrogen (secondary N) is 1. The van der Waals surface area contributed by atoms with Crippen LogP contribution in [0.3, 0.4) is 0 Å². The average Bonchev–Trinajstić information content (AvgIpc) is 2.79. The molecule has 0 aliphatic heterocycles. The molecule has 0 saturated heterocycles. The molecule has 0 aromatic heterocycles. The Morgan fingerprint density at radius 1 is 0.829 bits per heavy atom. The van der Waals surface area contributed by atoms with Crippen molar-refractivity contribution in [2.24, 2.45) is 0 Å². The van der Waals surface area contributed by atoms with E-state index in [4.69, 9.17) is 0 Å². The van der Waals surface area contributed by atoms with Crippen LogP contribution in [0.15, 0.2) is 76.5 Å². The molecule has 35 heavy (non-hydrogen) atoms. The summed E-state index contributed by atoms with van der Waals surface area (Å²) in [6, 6.07) is 17.7. The van der Waals surface area contributed by atoms with E-state index in [-0.39, 0.29) is 9.79 Å². The quantitative estimate of drug-likeness (QED) is 0.488. The fraction of sp³-hybridized carbons (Fsp3) is 0.269. The Morgan fingerprint density at radius 3 is 1.94 bits per heavy atom. The second kappa shape index (κ2) is 10.2. The number of carbonyl (C=O) groups is 1. The van der Waals surface area contributed by atoms with Crippen molar-refractivity contribution in [3.63, 3.8) is 0 Å². The molecule has 1 N–H and O–H groups in total. The minimum absolute atomic E-state index is 0.0984. The number of hydrogen-bond donors (Lipinski definition) is 1. The normalized spacial score (nSPS) is 12.7. The molecule has 3 aromatic rings. The number of rotatable bonds is 8. The van der Waals surface area contributed by atoms with Crippen molar-refractivity contribution in [3.05, 3.63) is 89.0 Å². The summed E-state index contributed by atoms with van der Waals surface area (Å²) in [5.74, 6) is -0.485. The van der Waals surface area contributed by atoms with Gasteiger partial charge < -0.3 is 5.32 Å². The molecule has 9 heteroatoms. The van der Waals surface area contributed by atoms with Crippen LogP contribution in [0.5, 0.6) is 0 Å². The van der Waals surface area contributed by atoms with Gasteiger partial charge in [-0.2, -0.15) is 0 Å². The molecule has 0 spiro atoms. The summed E-state index contributed by atoms with van der Waals surface area (Å²) in [6.07, 6.45) is 1.13. The summed E-state index contributed by atoms with van der Waals surface area (Å²) >= 11 is 0. The molecule has 0 fully saturated rings. The number of amides is 1. The molecule has 186 valence electrons. The summed E-state index contributed by atoms with van der Waals surface area (Å²) in [7, 11) is -7.35. The predicted molar refractivity (Wildman–Crippen MR) is 138 cm³/mol. The standard InChI is InChI=1S/C26H30N2O5S2/c1-18-7-12-24(13-8-18)35(32,33)28(25-16-19(2)6-9-20(25)3)17-26(29)27-21(4)22-10-14-23(15-11-22)34(5,30)31/h6-16,21H,17H2,1-5H3,(H,27,29). The first-order valence-corrected chi connectivity index (χ1v) is 14.4. The molecule has 1 atom stereocenters. The van der Waals surface area contributed by atoms with Crippen molar-refractivity contribution >= 4 is 31.5 Å². The SMILES string of the molecule is Cc1ccc(S(=O)(=O)N(CC(=O)NC(C)c2ccc(S(C)(=O)=O)cc2)c2cc(C)ccc2C)cc1. The topological polar surface area (TPSA) is 101 Å². The molecule has 0 aliphatic rings. The van der Waals surface area contributed by atoms with Gasteiger partial charge in [0.15, 0.2) is 9.84 Å². The highest BCUT2D eigenvalue weighted by atomic mass is 32.2. The number of hydrogen-bond acceptors (Lipinski definition) is 5. The van der Waals surface area contributed by atoms with Gasteiger partial charge in [-0.15, -0.1) is 0 Å². The minimum Gasteiger partial charge on any atom is -0.348 e. The summed E-state index contributed by atoms with van der Waals surface area (Å²) in [5.41, 5.74) is 3.66. The Balaban J connectivity index is 1.90. The van der Waals surface area contributed by atoms with Crippen LogP contribution < -0.4 is 9.62 Å². The van der Waals surface area contributed by atoms with Gasteiger partial charge in [-0.25, -0.2) is 16.8 Å². The first-order valence-electron chi connectivity index (χ1n) is 11.0. The molecule has 3 rings (SSSR count). The monoisotopic (exact) mass is 514 g/mol. The maximum atomic E-state index is 13.6. The van der Waals surface area contributed by atoms with Gasteiger partial charge in [0.25, 0.3) is 10.0 Å². The molecular weight excluding hydrogens is 484 g/mol. The maximum Gasteiger partial charge on any atom is 0.264 e. The van der Waals surface area contributed by atoms with E-state index in [2.05, 4.69) is 5.32 Å². The van der Waals surface area contributed by atoms with E-state index >= 15 is 0 Å². The van der Waals surface area contributed by atoms with Crippen LogP contribution >= 0.6 is 0 Å². The first-order chi connectivity index (χ1) is 16.3. The molecule has 0 heterocycles. The molecule has 1 amide bonds. The highest BCUT2D eigenvalue weighted by Crippen LogP contribution is 2.28. The third-order valence-corrected chi connectivity index (χ3v) is 8.62. The van der Waals surface area contributed by atoms with Gasteiger partial charge in [0.1, 0.15) is 6.54 Å². The number of anilines is 1. The van der Waals surface area contributed by atoms with Crippen LogP contribution in [-0.4, -0.2) is 35.5 Å². The van der Waals surface area contributed by atoms with E-state index in [0.717, 1.165) is 27.3 Å². The Kier molecular flexibility index (Phi) is 7.71. The fourth-order valence-corrected chi connectivity index (χ4v) is 5.74. The predicted octanol–water partition coefficient (Wildman–Crippen LogP) is 4.09. The average molecular weight is 515 g/mol. The van der Waals surface area contributed by atoms with E-state index in [1.165, 1.54) is 24.3 Å². The van der Waals surface area contributed by atoms with E-state index in [1.807, 2.05) is 26.0 Å². The van der Waals surface area contributed by atoms with Gasteiger partial charge in [-0.3, -0.25) is 9.10 Å². The van der Waals surface area contributed by atoms with Gasteiger partial charge in [0, 0.05) is 6.26 Å². The zero-order valence-electron chi connectivity index (χ0n) is 20.4. The van der Waals surface area contributed by atoms with Crippen LogP contribution in [-0.2, 0) is 24.7 Å². The van der Waals surface area contributed by atoms with Crippen LogP contribution in [0, 0.1) is 20.8 Å². The van der Waals surface area contributed by atoms with Crippen molar-refractivity contribution in [1.29, 1.82) is 0 Å². The van der Waals surface area contributed by atoms with Crippen molar-refractivity contribution in [1.82, 2.24) is 5.32 Å². The molecule has 1 unspecified atom stereocenters. The van der Waals surface area contributed by atoms with Crippen molar-refractivity contribution < 1.29 is 21.6 Å². The number of sulfonamides is 1. The maximum absolute atomic E-state index is 13.6. The molecule has 3 aromatic carbocycles. The largest absolute Gasteiger partial charge is 0.348 e. The number of sulfone groups is 1. The minimum atomic E-state index is -4.02.